The Morgan fingerprint density at radius 3 is 2.08 bits per heavy atom. The summed E-state index contributed by atoms with van der Waals surface area (Å²) in [6.45, 7) is 5.05. The molecule has 2 amide bonds. The lowest BCUT2D eigenvalue weighted by atomic mass is 9.94. The molecule has 0 fully saturated rings. The van der Waals surface area contributed by atoms with E-state index in [0.717, 1.165) is 15.7 Å². The maximum Gasteiger partial charge on any atom is 0.263 e. The van der Waals surface area contributed by atoms with E-state index in [0.29, 0.717) is 23.6 Å². The van der Waals surface area contributed by atoms with E-state index >= 15 is 0 Å². The highest BCUT2D eigenvalue weighted by Crippen LogP contribution is 2.33. The monoisotopic (exact) mass is 475 g/mol. The van der Waals surface area contributed by atoms with Crippen LogP contribution in [0.4, 0.5) is 0 Å². The van der Waals surface area contributed by atoms with Crippen LogP contribution in [0.3, 0.4) is 0 Å². The van der Waals surface area contributed by atoms with Crippen LogP contribution in [0.25, 0.3) is 0 Å². The SMILES string of the molecule is CCCCCCC(CCCCCC)CN1C(=O)c2csc(I)c2C1=O. The smallest absolute Gasteiger partial charge is 0.263 e. The zero-order valence-corrected chi connectivity index (χ0v) is 18.5. The van der Waals surface area contributed by atoms with E-state index < -0.39 is 0 Å². The molecule has 1 aromatic rings. The fourth-order valence-electron chi connectivity index (χ4n) is 3.53. The van der Waals surface area contributed by atoms with Crippen molar-refractivity contribution in [3.8, 4) is 0 Å². The molecular weight excluding hydrogens is 445 g/mol. The number of thiophene rings is 1. The minimum atomic E-state index is -0.0775. The van der Waals surface area contributed by atoms with Crippen molar-refractivity contribution in [2.24, 2.45) is 5.92 Å². The van der Waals surface area contributed by atoms with Crippen LogP contribution in [0.1, 0.15) is 98.8 Å². The van der Waals surface area contributed by atoms with Gasteiger partial charge in [0.15, 0.2) is 0 Å². The maximum atomic E-state index is 12.7. The third-order valence-electron chi connectivity index (χ3n) is 5.05. The molecule has 0 atom stereocenters. The van der Waals surface area contributed by atoms with Crippen LogP contribution in [-0.2, 0) is 0 Å². The number of halogens is 1. The Kier molecular flexibility index (Phi) is 8.90. The van der Waals surface area contributed by atoms with Gasteiger partial charge in [-0.05, 0) is 41.4 Å². The van der Waals surface area contributed by atoms with Crippen LogP contribution in [0.15, 0.2) is 5.38 Å². The van der Waals surface area contributed by atoms with Gasteiger partial charge in [-0.2, -0.15) is 0 Å². The number of nitrogens with zero attached hydrogens (tertiary/aromatic N) is 1. The standard InChI is InChI=1S/C20H30INO2S/c1-3-5-7-9-11-15(12-10-8-6-4-2)13-22-19(23)16-14-25-18(21)17(16)20(22)24/h14-15H,3-13H2,1-2H3. The first-order valence-electron chi connectivity index (χ1n) is 9.73. The number of carbonyl (C=O) groups excluding carboxylic acids is 2. The zero-order valence-electron chi connectivity index (χ0n) is 15.5. The highest BCUT2D eigenvalue weighted by Gasteiger charge is 2.39. The van der Waals surface area contributed by atoms with Gasteiger partial charge in [-0.15, -0.1) is 11.3 Å². The summed E-state index contributed by atoms with van der Waals surface area (Å²) < 4.78 is 0.941. The molecule has 0 aliphatic carbocycles. The first kappa shape index (κ1) is 20.9. The molecule has 5 heteroatoms. The minimum Gasteiger partial charge on any atom is -0.274 e. The van der Waals surface area contributed by atoms with Gasteiger partial charge < -0.3 is 0 Å². The number of rotatable bonds is 12. The largest absolute Gasteiger partial charge is 0.274 e. The van der Waals surface area contributed by atoms with Crippen molar-refractivity contribution in [1.29, 1.82) is 0 Å². The molecule has 0 bridgehead atoms. The van der Waals surface area contributed by atoms with E-state index in [1.807, 2.05) is 5.38 Å². The molecule has 1 aromatic heterocycles. The molecule has 2 rings (SSSR count). The summed E-state index contributed by atoms with van der Waals surface area (Å²) in [6.07, 6.45) is 12.2. The second-order valence-corrected chi connectivity index (χ2v) is 9.77. The quantitative estimate of drug-likeness (QED) is 0.196. The normalized spacial score (nSPS) is 14.0. The fourth-order valence-corrected chi connectivity index (χ4v) is 5.19. The number of hydrogen-bond donors (Lipinski definition) is 0. The van der Waals surface area contributed by atoms with Crippen LogP contribution < -0.4 is 0 Å². The number of fused-ring (bicyclic) bond motifs is 1. The third-order valence-corrected chi connectivity index (χ3v) is 7.12. The van der Waals surface area contributed by atoms with Crippen LogP contribution in [0, 0.1) is 8.80 Å². The van der Waals surface area contributed by atoms with E-state index in [9.17, 15) is 9.59 Å². The summed E-state index contributed by atoms with van der Waals surface area (Å²) in [6, 6.07) is 0. The average Bonchev–Trinajstić information content (AvgIpc) is 3.09. The van der Waals surface area contributed by atoms with E-state index in [-0.39, 0.29) is 11.8 Å². The number of imide groups is 1. The Bertz CT molecular complexity index is 572. The number of carbonyl (C=O) groups is 2. The molecule has 0 saturated carbocycles. The molecule has 0 aromatic carbocycles. The van der Waals surface area contributed by atoms with Gasteiger partial charge in [0, 0.05) is 11.9 Å². The molecule has 1 aliphatic heterocycles. The van der Waals surface area contributed by atoms with E-state index in [2.05, 4.69) is 36.4 Å². The van der Waals surface area contributed by atoms with Crippen molar-refractivity contribution in [3.63, 3.8) is 0 Å². The van der Waals surface area contributed by atoms with Crippen molar-refractivity contribution in [2.75, 3.05) is 6.54 Å². The third kappa shape index (κ3) is 5.52. The molecule has 140 valence electrons. The first-order valence-corrected chi connectivity index (χ1v) is 11.7. The van der Waals surface area contributed by atoms with Crippen molar-refractivity contribution in [3.05, 3.63) is 19.4 Å². The van der Waals surface area contributed by atoms with Crippen molar-refractivity contribution < 1.29 is 9.59 Å². The molecule has 0 N–H and O–H groups in total. The summed E-state index contributed by atoms with van der Waals surface area (Å²) in [5.41, 5.74) is 1.27. The van der Waals surface area contributed by atoms with Crippen molar-refractivity contribution >= 4 is 45.7 Å². The predicted octanol–water partition coefficient (Wildman–Crippen LogP) is 6.51. The Hall–Kier alpha value is -0.430. The second-order valence-electron chi connectivity index (χ2n) is 7.08. The van der Waals surface area contributed by atoms with Gasteiger partial charge in [0.25, 0.3) is 11.8 Å². The lowest BCUT2D eigenvalue weighted by molar-refractivity contribution is 0.0621. The summed E-state index contributed by atoms with van der Waals surface area (Å²) in [7, 11) is 0. The number of unbranched alkanes of at least 4 members (excludes halogenated alkanes) is 6. The van der Waals surface area contributed by atoms with Crippen LogP contribution >= 0.6 is 33.9 Å². The lowest BCUT2D eigenvalue weighted by Gasteiger charge is -2.23. The van der Waals surface area contributed by atoms with Crippen LogP contribution in [0.5, 0.6) is 0 Å². The Labute approximate surface area is 169 Å². The zero-order chi connectivity index (χ0) is 18.2. The summed E-state index contributed by atoms with van der Waals surface area (Å²) in [5, 5.41) is 1.84. The maximum absolute atomic E-state index is 12.7. The summed E-state index contributed by atoms with van der Waals surface area (Å²) in [5.74, 6) is 0.302. The highest BCUT2D eigenvalue weighted by molar-refractivity contribution is 14.1. The van der Waals surface area contributed by atoms with Crippen LogP contribution in [0.2, 0.25) is 0 Å². The van der Waals surface area contributed by atoms with Gasteiger partial charge >= 0.3 is 0 Å². The lowest BCUT2D eigenvalue weighted by Crippen LogP contribution is -2.35. The Morgan fingerprint density at radius 1 is 0.960 bits per heavy atom. The molecule has 0 spiro atoms. The van der Waals surface area contributed by atoms with Gasteiger partial charge in [-0.3, -0.25) is 14.5 Å². The first-order chi connectivity index (χ1) is 12.1. The van der Waals surface area contributed by atoms with Gasteiger partial charge in [-0.25, -0.2) is 0 Å². The molecule has 0 unspecified atom stereocenters. The van der Waals surface area contributed by atoms with Crippen molar-refractivity contribution in [2.45, 2.75) is 78.1 Å². The van der Waals surface area contributed by atoms with E-state index in [1.165, 1.54) is 67.6 Å². The summed E-state index contributed by atoms with van der Waals surface area (Å²) >= 11 is 3.66. The number of hydrogen-bond acceptors (Lipinski definition) is 3. The van der Waals surface area contributed by atoms with Crippen molar-refractivity contribution in [1.82, 2.24) is 4.90 Å². The van der Waals surface area contributed by atoms with E-state index in [4.69, 9.17) is 0 Å². The van der Waals surface area contributed by atoms with Gasteiger partial charge in [-0.1, -0.05) is 65.2 Å². The molecule has 0 radical (unpaired) electrons. The Balaban J connectivity index is 1.95. The fraction of sp³-hybridized carbons (Fsp3) is 0.700. The second kappa shape index (κ2) is 10.7. The van der Waals surface area contributed by atoms with E-state index in [1.54, 1.807) is 0 Å². The van der Waals surface area contributed by atoms with Crippen LogP contribution in [-0.4, -0.2) is 23.3 Å². The molecular formula is C20H30INO2S. The molecule has 25 heavy (non-hydrogen) atoms. The van der Waals surface area contributed by atoms with Gasteiger partial charge in [0.2, 0.25) is 0 Å². The molecule has 1 aliphatic rings. The molecule has 3 nitrogen and oxygen atoms in total. The van der Waals surface area contributed by atoms with Gasteiger partial charge in [0.1, 0.15) is 0 Å². The topological polar surface area (TPSA) is 37.4 Å². The van der Waals surface area contributed by atoms with Gasteiger partial charge in [0.05, 0.1) is 14.0 Å². The Morgan fingerprint density at radius 2 is 1.56 bits per heavy atom. The number of amides is 2. The minimum absolute atomic E-state index is 0.0715. The highest BCUT2D eigenvalue weighted by atomic mass is 127. The summed E-state index contributed by atoms with van der Waals surface area (Å²) in [4.78, 5) is 26.8. The average molecular weight is 475 g/mol. The molecule has 0 saturated heterocycles. The molecule has 2 heterocycles. The predicted molar refractivity (Wildman–Crippen MR) is 113 cm³/mol.